The van der Waals surface area contributed by atoms with Gasteiger partial charge in [0, 0.05) is 74.0 Å². The maximum Gasteiger partial charge on any atom is 0.303 e. The van der Waals surface area contributed by atoms with Crippen LogP contribution in [0.1, 0.15) is 83.8 Å². The molecule has 0 saturated carbocycles. The minimum Gasteiger partial charge on any atom is -0.501 e. The van der Waals surface area contributed by atoms with E-state index >= 15 is 0 Å². The van der Waals surface area contributed by atoms with Crippen LogP contribution >= 0.6 is 0 Å². The zero-order valence-corrected chi connectivity index (χ0v) is 35.1. The van der Waals surface area contributed by atoms with E-state index in [1.807, 2.05) is 50.8 Å². The van der Waals surface area contributed by atoms with Crippen LogP contribution in [0, 0.1) is 0 Å². The van der Waals surface area contributed by atoms with Crippen molar-refractivity contribution in [1.29, 1.82) is 0 Å². The number of anilines is 1. The van der Waals surface area contributed by atoms with Crippen LogP contribution < -0.4 is 4.90 Å². The average Bonchev–Trinajstić information content (AvgIpc) is 3.56. The topological polar surface area (TPSA) is 254 Å². The van der Waals surface area contributed by atoms with Crippen molar-refractivity contribution < 1.29 is 95.2 Å². The highest BCUT2D eigenvalue weighted by molar-refractivity contribution is 7.86. The maximum absolute atomic E-state index is 12.2. The van der Waals surface area contributed by atoms with Gasteiger partial charge in [0.2, 0.25) is 5.69 Å². The Kier molecular flexibility index (Phi) is 17.7. The number of carboxylic acid groups (broad SMARTS) is 1. The third-order valence-corrected chi connectivity index (χ3v) is 11.8. The van der Waals surface area contributed by atoms with Gasteiger partial charge in [-0.15, -0.1) is 0 Å². The number of hydrogen-bond acceptors (Lipinski definition) is 17. The van der Waals surface area contributed by atoms with Crippen molar-refractivity contribution in [3.63, 3.8) is 0 Å². The number of carbonyl (C=O) groups is 1. The van der Waals surface area contributed by atoms with Gasteiger partial charge in [0.25, 0.3) is 20.2 Å². The van der Waals surface area contributed by atoms with E-state index in [4.69, 9.17) is 9.99 Å². The van der Waals surface area contributed by atoms with Gasteiger partial charge in [0.05, 0.1) is 28.9 Å². The van der Waals surface area contributed by atoms with Gasteiger partial charge in [0.1, 0.15) is 12.8 Å². The number of unbranched alkanes of at least 4 members (excludes halogenated alkanes) is 2. The van der Waals surface area contributed by atoms with Gasteiger partial charge >= 0.3 is 5.97 Å². The largest absolute Gasteiger partial charge is 0.501 e. The van der Waals surface area contributed by atoms with E-state index < -0.39 is 37.0 Å². The molecule has 2 aliphatic rings. The summed E-state index contributed by atoms with van der Waals surface area (Å²) >= 11 is 0. The third-order valence-electron chi connectivity index (χ3n) is 10.1. The lowest BCUT2D eigenvalue weighted by Gasteiger charge is -2.29. The molecule has 2 aromatic carbocycles. The Morgan fingerprint density at radius 1 is 0.800 bits per heavy atom. The predicted molar refractivity (Wildman–Crippen MR) is 205 cm³/mol. The molecule has 2 atom stereocenters. The van der Waals surface area contributed by atoms with E-state index in [1.165, 1.54) is 31.4 Å². The molecular weight excluding hydrogens is 841 g/mol. The Morgan fingerprint density at radius 2 is 1.43 bits per heavy atom. The molecule has 0 bridgehead atoms. The van der Waals surface area contributed by atoms with Crippen molar-refractivity contribution >= 4 is 43.3 Å². The fraction of sp³-hybridized carbons (Fsp3) is 0.459. The van der Waals surface area contributed by atoms with Crippen LogP contribution in [0.4, 0.5) is 11.4 Å². The summed E-state index contributed by atoms with van der Waals surface area (Å²) in [7, 11) is -7.72. The summed E-state index contributed by atoms with van der Waals surface area (Å²) in [5.41, 5.74) is 2.67. The van der Waals surface area contributed by atoms with Crippen molar-refractivity contribution in [2.24, 2.45) is 0 Å². The van der Waals surface area contributed by atoms with Crippen molar-refractivity contribution in [2.75, 3.05) is 31.7 Å². The van der Waals surface area contributed by atoms with Crippen molar-refractivity contribution in [3.8, 4) is 0 Å². The number of ether oxygens (including phenoxy) is 1. The quantitative estimate of drug-likeness (QED) is 0.0228. The van der Waals surface area contributed by atoms with Crippen molar-refractivity contribution in [1.82, 2.24) is 0 Å². The molecule has 2 aromatic rings. The number of hydrogen-bond donors (Lipinski definition) is 3. The van der Waals surface area contributed by atoms with Crippen molar-refractivity contribution in [2.45, 2.75) is 93.3 Å². The van der Waals surface area contributed by atoms with Crippen LogP contribution in [-0.4, -0.2) is 74.1 Å². The van der Waals surface area contributed by atoms with Crippen LogP contribution in [0.15, 0.2) is 82.6 Å². The SMILES string of the molecule is CCCC1(C)C(C=CC=C2N(CC)c3ccc(S(=O)(=O)O)cc3C2(C)CCOOOOOOOOOO/C=C\OC)=[N+](CCCCCC(=O)O)c2ccc(S(=O)(=O)O)cc21. The number of allylic oxidation sites excluding steroid dienone is 4. The summed E-state index contributed by atoms with van der Waals surface area (Å²) in [6, 6.07) is 8.85. The molecule has 332 valence electrons. The molecule has 21 nitrogen and oxygen atoms in total. The Balaban J connectivity index is 1.62. The minimum absolute atomic E-state index is 0.0427. The fourth-order valence-electron chi connectivity index (χ4n) is 7.43. The molecule has 23 heteroatoms. The summed E-state index contributed by atoms with van der Waals surface area (Å²) in [6.45, 7) is 8.61. The number of benzene rings is 2. The Morgan fingerprint density at radius 3 is 2.05 bits per heavy atom. The summed E-state index contributed by atoms with van der Waals surface area (Å²) in [5.74, 6) is -0.875. The lowest BCUT2D eigenvalue weighted by atomic mass is 9.75. The molecule has 0 spiro atoms. The van der Waals surface area contributed by atoms with E-state index in [0.29, 0.717) is 50.0 Å². The lowest BCUT2D eigenvalue weighted by molar-refractivity contribution is -0.843. The summed E-state index contributed by atoms with van der Waals surface area (Å²) in [6.07, 6.45) is 11.1. The van der Waals surface area contributed by atoms with Crippen LogP contribution in [0.3, 0.4) is 0 Å². The van der Waals surface area contributed by atoms with E-state index in [2.05, 4.69) is 54.5 Å². The molecule has 2 unspecified atom stereocenters. The first-order chi connectivity index (χ1) is 28.5. The van der Waals surface area contributed by atoms with E-state index in [0.717, 1.165) is 41.6 Å². The van der Waals surface area contributed by atoms with Gasteiger partial charge in [-0.25, -0.2) is 4.89 Å². The van der Waals surface area contributed by atoms with Crippen LogP contribution in [0.2, 0.25) is 0 Å². The Bertz CT molecular complexity index is 2140. The number of methoxy groups -OCH3 is 1. The molecule has 0 saturated heterocycles. The molecule has 0 aliphatic carbocycles. The zero-order chi connectivity index (χ0) is 44.0. The standard InChI is InChI=1S/C37H48N2O19S2/c1-6-19-36(3)30-26-28(60(45,46)47)16-18-32(30)39(21-10-8-9-14-35(40)41)34(36)13-11-12-33-37(4,29-25-27(59(42,43)44)15-17-31(29)38(33)7-2)20-22-49-51-53-55-57-58-56-54-52-50-24-23-48-5/h11-13,15-18,23-26H,6-10,14,19-22H2,1-5H3,(H2-,40,41,42,43,44,45,46,47)/p+1/b24-23-. The number of aliphatic carboxylic acids is 1. The van der Waals surface area contributed by atoms with E-state index in [9.17, 15) is 30.7 Å². The third kappa shape index (κ3) is 12.2. The molecule has 60 heavy (non-hydrogen) atoms. The first kappa shape index (κ1) is 48.3. The fourth-order valence-corrected chi connectivity index (χ4v) is 8.44. The monoisotopic (exact) mass is 889 g/mol. The molecule has 3 N–H and O–H groups in total. The number of nitrogens with zero attached hydrogens (tertiary/aromatic N) is 2. The molecule has 0 radical (unpaired) electrons. The van der Waals surface area contributed by atoms with Gasteiger partial charge in [0.15, 0.2) is 12.0 Å². The summed E-state index contributed by atoms with van der Waals surface area (Å²) in [4.78, 5) is 22.0. The van der Waals surface area contributed by atoms with Gasteiger partial charge in [-0.3, -0.25) is 13.9 Å². The number of likely N-dealkylation sites (N-methyl/N-ethyl adjacent to an activating group) is 1. The number of fused-ring (bicyclic) bond motifs is 2. The molecule has 4 rings (SSSR count). The van der Waals surface area contributed by atoms with Crippen molar-refractivity contribution in [3.05, 3.63) is 84.0 Å². The summed E-state index contributed by atoms with van der Waals surface area (Å²) < 4.78 is 75.5. The Hall–Kier alpha value is -4.34. The van der Waals surface area contributed by atoms with Gasteiger partial charge in [-0.2, -0.15) is 21.4 Å². The predicted octanol–water partition coefficient (Wildman–Crippen LogP) is 6.13. The van der Waals surface area contributed by atoms with E-state index in [-0.39, 0.29) is 29.2 Å². The highest BCUT2D eigenvalue weighted by Crippen LogP contribution is 2.51. The van der Waals surface area contributed by atoms with E-state index in [1.54, 1.807) is 12.1 Å². The molecule has 0 aromatic heterocycles. The zero-order valence-electron chi connectivity index (χ0n) is 33.5. The van der Waals surface area contributed by atoms with Gasteiger partial charge < -0.3 is 19.6 Å². The smallest absolute Gasteiger partial charge is 0.303 e. The number of carboxylic acids is 1. The van der Waals surface area contributed by atoms with Crippen LogP contribution in [0.5, 0.6) is 0 Å². The average molecular weight is 890 g/mol. The minimum atomic E-state index is -4.58. The van der Waals surface area contributed by atoms with Crippen LogP contribution in [0.25, 0.3) is 0 Å². The van der Waals surface area contributed by atoms with Crippen LogP contribution in [-0.2, 0) is 90.7 Å². The van der Waals surface area contributed by atoms with Gasteiger partial charge in [-0.1, -0.05) is 19.4 Å². The highest BCUT2D eigenvalue weighted by atomic mass is 32.2. The molecule has 2 aliphatic heterocycles. The second-order valence-electron chi connectivity index (χ2n) is 13.8. The normalized spacial score (nSPS) is 19.9. The maximum atomic E-state index is 12.2. The highest BCUT2D eigenvalue weighted by Gasteiger charge is 2.48. The molecule has 0 amide bonds. The molecular formula is C37H49N2O19S2+. The number of rotatable bonds is 27. The lowest BCUT2D eigenvalue weighted by Crippen LogP contribution is -2.31. The second kappa shape index (κ2) is 22.0. The molecule has 2 heterocycles. The second-order valence-corrected chi connectivity index (χ2v) is 16.7. The Labute approximate surface area is 346 Å². The summed E-state index contributed by atoms with van der Waals surface area (Å²) in [5, 5.41) is 41.7. The molecule has 0 fully saturated rings. The first-order valence-electron chi connectivity index (χ1n) is 18.6. The van der Waals surface area contributed by atoms with Gasteiger partial charge in [-0.05, 0) is 109 Å². The first-order valence-corrected chi connectivity index (χ1v) is 21.5.